The number of benzene rings is 2. The van der Waals surface area contributed by atoms with Crippen molar-refractivity contribution in [1.82, 2.24) is 19.7 Å². The summed E-state index contributed by atoms with van der Waals surface area (Å²) >= 11 is 18.3. The molecule has 2 heterocycles. The molecule has 0 saturated carbocycles. The summed E-state index contributed by atoms with van der Waals surface area (Å²) in [6.45, 7) is 3.90. The van der Waals surface area contributed by atoms with Crippen molar-refractivity contribution in [3.63, 3.8) is 0 Å². The monoisotopic (exact) mass is 417 g/mol. The molecule has 0 unspecified atom stereocenters. The molecule has 0 radical (unpaired) electrons. The second-order valence-corrected chi connectivity index (χ2v) is 7.37. The Morgan fingerprint density at radius 1 is 0.852 bits per heavy atom. The Balaban J connectivity index is 1.93. The number of nitrogens with one attached hydrogen (secondary N) is 1. The third-order valence-electron chi connectivity index (χ3n) is 4.01. The van der Waals surface area contributed by atoms with Crippen LogP contribution in [0, 0.1) is 13.8 Å². The van der Waals surface area contributed by atoms with Crippen molar-refractivity contribution < 1.29 is 0 Å². The van der Waals surface area contributed by atoms with Gasteiger partial charge in [-0.25, -0.2) is 14.6 Å². The predicted molar refractivity (Wildman–Crippen MR) is 111 cm³/mol. The zero-order chi connectivity index (χ0) is 19.1. The van der Waals surface area contributed by atoms with Crippen molar-refractivity contribution in [2.45, 2.75) is 13.8 Å². The average Bonchev–Trinajstić information content (AvgIpc) is 2.96. The topological polar surface area (TPSA) is 55.6 Å². The van der Waals surface area contributed by atoms with E-state index in [4.69, 9.17) is 44.8 Å². The number of aromatic nitrogens is 4. The van der Waals surface area contributed by atoms with Crippen molar-refractivity contribution >= 4 is 57.3 Å². The van der Waals surface area contributed by atoms with E-state index in [0.29, 0.717) is 37.7 Å². The molecule has 0 aliphatic heterocycles. The molecule has 2 aromatic heterocycles. The van der Waals surface area contributed by atoms with Gasteiger partial charge in [-0.05, 0) is 56.3 Å². The van der Waals surface area contributed by atoms with Gasteiger partial charge in [0.05, 0.1) is 26.8 Å². The summed E-state index contributed by atoms with van der Waals surface area (Å²) in [5.74, 6) is 1.12. The average molecular weight is 419 g/mol. The highest BCUT2D eigenvalue weighted by Crippen LogP contribution is 2.30. The number of nitrogens with zero attached hydrogens (tertiary/aromatic N) is 4. The lowest BCUT2D eigenvalue weighted by Gasteiger charge is -2.13. The number of hydrogen-bond donors (Lipinski definition) is 1. The van der Waals surface area contributed by atoms with E-state index in [9.17, 15) is 0 Å². The zero-order valence-corrected chi connectivity index (χ0v) is 16.7. The maximum absolute atomic E-state index is 6.16. The van der Waals surface area contributed by atoms with Gasteiger partial charge in [-0.1, -0.05) is 34.8 Å². The molecule has 4 rings (SSSR count). The largest absolute Gasteiger partial charge is 0.337 e. The van der Waals surface area contributed by atoms with Crippen molar-refractivity contribution in [2.75, 3.05) is 5.32 Å². The smallest absolute Gasteiger partial charge is 0.197 e. The molecular weight excluding hydrogens is 405 g/mol. The van der Waals surface area contributed by atoms with Gasteiger partial charge in [0, 0.05) is 16.4 Å². The van der Waals surface area contributed by atoms with Crippen LogP contribution >= 0.6 is 34.8 Å². The minimum atomic E-state index is 0.426. The predicted octanol–water partition coefficient (Wildman–Crippen LogP) is 6.14. The van der Waals surface area contributed by atoms with Crippen LogP contribution in [0.5, 0.6) is 0 Å². The van der Waals surface area contributed by atoms with Crippen LogP contribution in [0.15, 0.2) is 42.5 Å². The van der Waals surface area contributed by atoms with Gasteiger partial charge in [0.25, 0.3) is 0 Å². The van der Waals surface area contributed by atoms with Crippen LogP contribution < -0.4 is 5.32 Å². The Kier molecular flexibility index (Phi) is 4.68. The van der Waals surface area contributed by atoms with Crippen molar-refractivity contribution in [1.29, 1.82) is 0 Å². The molecule has 0 bridgehead atoms. The van der Waals surface area contributed by atoms with E-state index in [1.54, 1.807) is 28.9 Å². The Bertz CT molecular complexity index is 1150. The number of fused-ring (bicyclic) bond motifs is 1. The third-order valence-corrected chi connectivity index (χ3v) is 4.98. The molecule has 0 aliphatic carbocycles. The molecule has 0 saturated heterocycles. The van der Waals surface area contributed by atoms with E-state index in [2.05, 4.69) is 10.4 Å². The van der Waals surface area contributed by atoms with Crippen molar-refractivity contribution in [3.05, 3.63) is 68.9 Å². The van der Waals surface area contributed by atoms with Crippen LogP contribution in [0.1, 0.15) is 11.4 Å². The number of halogens is 3. The number of anilines is 2. The van der Waals surface area contributed by atoms with E-state index >= 15 is 0 Å². The lowest BCUT2D eigenvalue weighted by molar-refractivity contribution is 0.808. The van der Waals surface area contributed by atoms with Crippen LogP contribution in [0.3, 0.4) is 0 Å². The molecule has 0 amide bonds. The van der Waals surface area contributed by atoms with Crippen LogP contribution in [-0.4, -0.2) is 19.7 Å². The Labute approximate surface area is 170 Å². The quantitative estimate of drug-likeness (QED) is 0.434. The summed E-state index contributed by atoms with van der Waals surface area (Å²) in [4.78, 5) is 9.45. The van der Waals surface area contributed by atoms with E-state index in [0.717, 1.165) is 17.1 Å². The van der Waals surface area contributed by atoms with E-state index in [1.165, 1.54) is 0 Å². The highest BCUT2D eigenvalue weighted by molar-refractivity contribution is 6.42. The first-order valence-electron chi connectivity index (χ1n) is 8.14. The summed E-state index contributed by atoms with van der Waals surface area (Å²) in [6, 6.07) is 12.7. The standard InChI is InChI=1S/C19H14Cl3N5/c1-10-7-11(2)27(26-10)19-18(23-13-5-3-12(20)4-6-13)24-16-8-14(21)15(22)9-17(16)25-19/h3-9H,1-2H3,(H,23,24). The van der Waals surface area contributed by atoms with Gasteiger partial charge in [0.1, 0.15) is 0 Å². The maximum Gasteiger partial charge on any atom is 0.197 e. The summed E-state index contributed by atoms with van der Waals surface area (Å²) in [5.41, 5.74) is 3.93. The first-order chi connectivity index (χ1) is 12.9. The summed E-state index contributed by atoms with van der Waals surface area (Å²) in [5, 5.41) is 9.34. The van der Waals surface area contributed by atoms with Gasteiger partial charge in [0.2, 0.25) is 0 Å². The summed E-state index contributed by atoms with van der Waals surface area (Å²) in [6.07, 6.45) is 0. The number of rotatable bonds is 3. The number of hydrogen-bond acceptors (Lipinski definition) is 4. The fourth-order valence-electron chi connectivity index (χ4n) is 2.79. The molecule has 0 aliphatic rings. The summed E-state index contributed by atoms with van der Waals surface area (Å²) in [7, 11) is 0. The third kappa shape index (κ3) is 3.58. The first-order valence-corrected chi connectivity index (χ1v) is 9.27. The second kappa shape index (κ2) is 7.00. The number of aryl methyl sites for hydroxylation is 2. The summed E-state index contributed by atoms with van der Waals surface area (Å²) < 4.78 is 1.75. The highest BCUT2D eigenvalue weighted by atomic mass is 35.5. The van der Waals surface area contributed by atoms with Crippen LogP contribution in [0.25, 0.3) is 16.9 Å². The van der Waals surface area contributed by atoms with Gasteiger partial charge in [-0.2, -0.15) is 5.10 Å². The normalized spacial score (nSPS) is 11.1. The van der Waals surface area contributed by atoms with Gasteiger partial charge < -0.3 is 5.32 Å². The Morgan fingerprint density at radius 2 is 1.48 bits per heavy atom. The van der Waals surface area contributed by atoms with Crippen LogP contribution in [0.2, 0.25) is 15.1 Å². The molecule has 5 nitrogen and oxygen atoms in total. The van der Waals surface area contributed by atoms with E-state index in [-0.39, 0.29) is 0 Å². The van der Waals surface area contributed by atoms with Crippen molar-refractivity contribution in [2.24, 2.45) is 0 Å². The molecule has 4 aromatic rings. The van der Waals surface area contributed by atoms with Gasteiger partial charge >= 0.3 is 0 Å². The molecule has 136 valence electrons. The van der Waals surface area contributed by atoms with Gasteiger partial charge in [-0.3, -0.25) is 0 Å². The molecule has 2 aromatic carbocycles. The van der Waals surface area contributed by atoms with Crippen molar-refractivity contribution in [3.8, 4) is 5.82 Å². The minimum Gasteiger partial charge on any atom is -0.337 e. The fourth-order valence-corrected chi connectivity index (χ4v) is 3.23. The van der Waals surface area contributed by atoms with Gasteiger partial charge in [-0.15, -0.1) is 0 Å². The molecular formula is C19H14Cl3N5. The molecule has 1 N–H and O–H groups in total. The Hall–Kier alpha value is -2.34. The SMILES string of the molecule is Cc1cc(C)n(-c2nc3cc(Cl)c(Cl)cc3nc2Nc2ccc(Cl)cc2)n1. The lowest BCUT2D eigenvalue weighted by Crippen LogP contribution is -2.08. The highest BCUT2D eigenvalue weighted by Gasteiger charge is 2.16. The first kappa shape index (κ1) is 18.0. The molecule has 8 heteroatoms. The minimum absolute atomic E-state index is 0.426. The van der Waals surface area contributed by atoms with Crippen LogP contribution in [-0.2, 0) is 0 Å². The second-order valence-electron chi connectivity index (χ2n) is 6.12. The molecule has 0 fully saturated rings. The van der Waals surface area contributed by atoms with E-state index in [1.807, 2.05) is 32.0 Å². The molecule has 0 atom stereocenters. The van der Waals surface area contributed by atoms with Gasteiger partial charge in [0.15, 0.2) is 11.6 Å². The fraction of sp³-hybridized carbons (Fsp3) is 0.105. The molecule has 27 heavy (non-hydrogen) atoms. The van der Waals surface area contributed by atoms with Crippen LogP contribution in [0.4, 0.5) is 11.5 Å². The maximum atomic E-state index is 6.16. The lowest BCUT2D eigenvalue weighted by atomic mass is 10.3. The van der Waals surface area contributed by atoms with E-state index < -0.39 is 0 Å². The zero-order valence-electron chi connectivity index (χ0n) is 14.5. The molecule has 0 spiro atoms. The Morgan fingerprint density at radius 3 is 2.07 bits per heavy atom.